The van der Waals surface area contributed by atoms with E-state index in [1.807, 2.05) is 0 Å². The first kappa shape index (κ1) is 16.9. The van der Waals surface area contributed by atoms with E-state index >= 15 is 0 Å². The van der Waals surface area contributed by atoms with Crippen molar-refractivity contribution >= 4 is 10.0 Å². The van der Waals surface area contributed by atoms with Crippen LogP contribution in [0.15, 0.2) is 24.3 Å². The van der Waals surface area contributed by atoms with Crippen LogP contribution in [0.2, 0.25) is 0 Å². The zero-order chi connectivity index (χ0) is 15.6. The zero-order valence-electron chi connectivity index (χ0n) is 11.2. The van der Waals surface area contributed by atoms with Gasteiger partial charge in [0.25, 0.3) is 0 Å². The molecule has 0 spiro atoms. The summed E-state index contributed by atoms with van der Waals surface area (Å²) >= 11 is 0. The van der Waals surface area contributed by atoms with Crippen molar-refractivity contribution in [2.45, 2.75) is 31.3 Å². The third-order valence-electron chi connectivity index (χ3n) is 2.42. The maximum Gasteiger partial charge on any atom is 0.416 e. The second kappa shape index (κ2) is 5.71. The van der Waals surface area contributed by atoms with Gasteiger partial charge < -0.3 is 5.73 Å². The van der Waals surface area contributed by atoms with Gasteiger partial charge in [0.15, 0.2) is 0 Å². The van der Waals surface area contributed by atoms with Crippen LogP contribution in [0.5, 0.6) is 0 Å². The van der Waals surface area contributed by atoms with Crippen LogP contribution in [0.3, 0.4) is 0 Å². The highest BCUT2D eigenvalue weighted by atomic mass is 32.2. The Morgan fingerprint density at radius 1 is 1.20 bits per heavy atom. The summed E-state index contributed by atoms with van der Waals surface area (Å²) in [4.78, 5) is 0. The maximum absolute atomic E-state index is 12.8. The van der Waals surface area contributed by atoms with Gasteiger partial charge >= 0.3 is 6.18 Å². The van der Waals surface area contributed by atoms with Crippen molar-refractivity contribution in [1.82, 2.24) is 4.72 Å². The lowest BCUT2D eigenvalue weighted by atomic mass is 10.1. The molecule has 1 rings (SSSR count). The summed E-state index contributed by atoms with van der Waals surface area (Å²) in [6.45, 7) is 3.17. The summed E-state index contributed by atoms with van der Waals surface area (Å²) in [6, 6.07) is 4.59. The largest absolute Gasteiger partial charge is 0.416 e. The minimum atomic E-state index is -4.58. The van der Waals surface area contributed by atoms with Crippen molar-refractivity contribution in [2.75, 3.05) is 6.54 Å². The molecule has 0 amide bonds. The fourth-order valence-electron chi connectivity index (χ4n) is 1.47. The number of halogens is 3. The molecule has 1 aromatic carbocycles. The molecule has 1 aromatic rings. The minimum Gasteiger partial charge on any atom is -0.324 e. The van der Waals surface area contributed by atoms with Gasteiger partial charge in [-0.1, -0.05) is 18.2 Å². The third-order valence-corrected chi connectivity index (χ3v) is 3.69. The van der Waals surface area contributed by atoms with E-state index in [0.717, 1.165) is 12.1 Å². The van der Waals surface area contributed by atoms with E-state index in [0.29, 0.717) is 0 Å². The summed E-state index contributed by atoms with van der Waals surface area (Å²) in [7, 11) is -3.88. The van der Waals surface area contributed by atoms with Crippen LogP contribution < -0.4 is 10.5 Å². The predicted molar refractivity (Wildman–Crippen MR) is 70.3 cm³/mol. The van der Waals surface area contributed by atoms with E-state index in [9.17, 15) is 21.6 Å². The van der Waals surface area contributed by atoms with E-state index in [1.54, 1.807) is 13.8 Å². The number of rotatable bonds is 5. The van der Waals surface area contributed by atoms with Crippen molar-refractivity contribution in [3.63, 3.8) is 0 Å². The van der Waals surface area contributed by atoms with Crippen molar-refractivity contribution in [1.29, 1.82) is 0 Å². The minimum absolute atomic E-state index is 0.0521. The third kappa shape index (κ3) is 5.48. The molecule has 4 nitrogen and oxygen atoms in total. The molecule has 0 atom stereocenters. The Morgan fingerprint density at radius 2 is 1.75 bits per heavy atom. The van der Waals surface area contributed by atoms with Gasteiger partial charge in [-0.3, -0.25) is 0 Å². The summed E-state index contributed by atoms with van der Waals surface area (Å²) in [5.74, 6) is -0.737. The van der Waals surface area contributed by atoms with E-state index in [4.69, 9.17) is 5.73 Å². The highest BCUT2D eigenvalue weighted by Gasteiger charge is 2.34. The molecule has 0 saturated carbocycles. The van der Waals surface area contributed by atoms with E-state index in [2.05, 4.69) is 4.72 Å². The molecular weight excluding hydrogens is 293 g/mol. The van der Waals surface area contributed by atoms with Crippen LogP contribution in [-0.2, 0) is 22.0 Å². The zero-order valence-corrected chi connectivity index (χ0v) is 12.0. The van der Waals surface area contributed by atoms with Crippen LogP contribution in [0, 0.1) is 0 Å². The molecule has 0 heterocycles. The quantitative estimate of drug-likeness (QED) is 0.872. The normalized spacial score (nSPS) is 13.5. The van der Waals surface area contributed by atoms with Gasteiger partial charge in [-0.25, -0.2) is 13.1 Å². The Hall–Kier alpha value is -1.12. The molecule has 20 heavy (non-hydrogen) atoms. The number of benzene rings is 1. The van der Waals surface area contributed by atoms with Crippen molar-refractivity contribution < 1.29 is 21.6 Å². The predicted octanol–water partition coefficient (Wildman–Crippen LogP) is 1.86. The highest BCUT2D eigenvalue weighted by molar-refractivity contribution is 7.88. The van der Waals surface area contributed by atoms with Crippen molar-refractivity contribution in [2.24, 2.45) is 5.73 Å². The molecule has 0 radical (unpaired) electrons. The number of nitrogens with one attached hydrogen (secondary N) is 1. The molecule has 0 aliphatic carbocycles. The average molecular weight is 310 g/mol. The first-order chi connectivity index (χ1) is 8.91. The Labute approximate surface area is 116 Å². The van der Waals surface area contributed by atoms with Gasteiger partial charge in [-0.15, -0.1) is 0 Å². The molecule has 8 heteroatoms. The molecule has 114 valence electrons. The number of alkyl halides is 3. The lowest BCUT2D eigenvalue weighted by Gasteiger charge is -2.19. The second-order valence-electron chi connectivity index (χ2n) is 5.22. The summed E-state index contributed by atoms with van der Waals surface area (Å²) < 4.78 is 64.1. The highest BCUT2D eigenvalue weighted by Crippen LogP contribution is 2.32. The Kier molecular flexibility index (Phi) is 4.83. The van der Waals surface area contributed by atoms with Crippen LogP contribution >= 0.6 is 0 Å². The molecule has 3 N–H and O–H groups in total. The average Bonchev–Trinajstić information content (AvgIpc) is 2.24. The number of hydrogen-bond acceptors (Lipinski definition) is 3. The standard InChI is InChI=1S/C12H17F3N2O2S/c1-11(2,16)8-17-20(18,19)7-9-5-3-4-6-10(9)12(13,14)15/h3-6,17H,7-8,16H2,1-2H3. The molecule has 0 aliphatic heterocycles. The van der Waals surface area contributed by atoms with Crippen LogP contribution in [0.4, 0.5) is 13.2 Å². The van der Waals surface area contributed by atoms with Crippen LogP contribution in [0.25, 0.3) is 0 Å². The fraction of sp³-hybridized carbons (Fsp3) is 0.500. The van der Waals surface area contributed by atoms with E-state index in [-0.39, 0.29) is 12.1 Å². The summed E-state index contributed by atoms with van der Waals surface area (Å²) in [5, 5.41) is 0. The summed E-state index contributed by atoms with van der Waals surface area (Å²) in [5.41, 5.74) is 3.61. The molecule has 0 aliphatic rings. The second-order valence-corrected chi connectivity index (χ2v) is 7.03. The maximum atomic E-state index is 12.8. The molecule has 0 aromatic heterocycles. The summed E-state index contributed by atoms with van der Waals surface area (Å²) in [6.07, 6.45) is -4.58. The van der Waals surface area contributed by atoms with Gasteiger partial charge in [0.2, 0.25) is 10.0 Å². The SMILES string of the molecule is CC(C)(N)CNS(=O)(=O)Cc1ccccc1C(F)(F)F. The number of sulfonamides is 1. The first-order valence-electron chi connectivity index (χ1n) is 5.82. The topological polar surface area (TPSA) is 72.2 Å². The monoisotopic (exact) mass is 310 g/mol. The molecule has 0 unspecified atom stereocenters. The van der Waals surface area contributed by atoms with Gasteiger partial charge in [-0.05, 0) is 25.5 Å². The molecule has 0 fully saturated rings. The van der Waals surface area contributed by atoms with Crippen LogP contribution in [0.1, 0.15) is 25.0 Å². The van der Waals surface area contributed by atoms with Crippen molar-refractivity contribution in [3.05, 3.63) is 35.4 Å². The first-order valence-corrected chi connectivity index (χ1v) is 7.47. The van der Waals surface area contributed by atoms with Gasteiger partial charge in [-0.2, -0.15) is 13.2 Å². The number of nitrogens with two attached hydrogens (primary N) is 1. The lowest BCUT2D eigenvalue weighted by molar-refractivity contribution is -0.138. The van der Waals surface area contributed by atoms with Gasteiger partial charge in [0.05, 0.1) is 11.3 Å². The van der Waals surface area contributed by atoms with E-state index < -0.39 is 33.1 Å². The molecular formula is C12H17F3N2O2S. The fourth-order valence-corrected chi connectivity index (χ4v) is 2.83. The van der Waals surface area contributed by atoms with Gasteiger partial charge in [0, 0.05) is 12.1 Å². The number of hydrogen-bond donors (Lipinski definition) is 2. The van der Waals surface area contributed by atoms with Gasteiger partial charge in [0.1, 0.15) is 0 Å². The van der Waals surface area contributed by atoms with E-state index in [1.165, 1.54) is 12.1 Å². The Balaban J connectivity index is 2.94. The van der Waals surface area contributed by atoms with Crippen molar-refractivity contribution in [3.8, 4) is 0 Å². The molecule has 0 bridgehead atoms. The molecule has 0 saturated heterocycles. The van der Waals surface area contributed by atoms with Crippen LogP contribution in [-0.4, -0.2) is 20.5 Å². The Bertz CT molecular complexity index is 563. The smallest absolute Gasteiger partial charge is 0.324 e. The lowest BCUT2D eigenvalue weighted by Crippen LogP contribution is -2.45. The Morgan fingerprint density at radius 3 is 2.25 bits per heavy atom.